The van der Waals surface area contributed by atoms with Crippen molar-refractivity contribution in [3.63, 3.8) is 0 Å². The average molecular weight is 446 g/mol. The SMILES string of the molecule is CCn1c(SCC(=O)N/N=C/c2c(O)ccc3ccccc23)nnc1-c1ccc(C)cc1. The molecule has 0 aliphatic heterocycles. The van der Waals surface area contributed by atoms with Gasteiger partial charge < -0.3 is 9.67 Å². The Hall–Kier alpha value is -3.65. The number of hydrogen-bond acceptors (Lipinski definition) is 6. The van der Waals surface area contributed by atoms with E-state index in [-0.39, 0.29) is 17.4 Å². The van der Waals surface area contributed by atoms with Crippen LogP contribution in [0.1, 0.15) is 18.1 Å². The molecule has 8 heteroatoms. The van der Waals surface area contributed by atoms with E-state index in [0.29, 0.717) is 17.3 Å². The second-order valence-corrected chi connectivity index (χ2v) is 8.16. The predicted octanol–water partition coefficient (Wildman–Crippen LogP) is 4.37. The van der Waals surface area contributed by atoms with Crippen LogP contribution in [-0.4, -0.2) is 37.7 Å². The topological polar surface area (TPSA) is 92.4 Å². The first kappa shape index (κ1) is 21.6. The van der Waals surface area contributed by atoms with Gasteiger partial charge in [-0.15, -0.1) is 10.2 Å². The molecule has 1 heterocycles. The summed E-state index contributed by atoms with van der Waals surface area (Å²) in [5.41, 5.74) is 5.24. The Bertz CT molecular complexity index is 1280. The van der Waals surface area contributed by atoms with Gasteiger partial charge in [0.2, 0.25) is 0 Å². The zero-order valence-electron chi connectivity index (χ0n) is 17.8. The summed E-state index contributed by atoms with van der Waals surface area (Å²) in [4.78, 5) is 12.3. The number of hydrogen-bond donors (Lipinski definition) is 2. The summed E-state index contributed by atoms with van der Waals surface area (Å²) in [6.07, 6.45) is 1.46. The number of phenolic OH excluding ortho intramolecular Hbond substituents is 1. The van der Waals surface area contributed by atoms with Crippen LogP contribution in [0.2, 0.25) is 0 Å². The third kappa shape index (κ3) is 4.65. The van der Waals surface area contributed by atoms with E-state index >= 15 is 0 Å². The Labute approximate surface area is 190 Å². The number of fused-ring (bicyclic) bond motifs is 1. The van der Waals surface area contributed by atoms with Crippen molar-refractivity contribution in [2.75, 3.05) is 5.75 Å². The molecule has 3 aromatic carbocycles. The first-order valence-corrected chi connectivity index (χ1v) is 11.2. The molecule has 4 rings (SSSR count). The number of phenols is 1. The molecule has 0 atom stereocenters. The number of hydrazone groups is 1. The van der Waals surface area contributed by atoms with E-state index in [1.165, 1.54) is 23.5 Å². The van der Waals surface area contributed by atoms with E-state index < -0.39 is 0 Å². The van der Waals surface area contributed by atoms with Crippen molar-refractivity contribution in [1.82, 2.24) is 20.2 Å². The zero-order chi connectivity index (χ0) is 22.5. The summed E-state index contributed by atoms with van der Waals surface area (Å²) in [7, 11) is 0. The third-order valence-electron chi connectivity index (χ3n) is 5.01. The summed E-state index contributed by atoms with van der Waals surface area (Å²) >= 11 is 1.30. The van der Waals surface area contributed by atoms with Gasteiger partial charge in [0.1, 0.15) is 5.75 Å². The Morgan fingerprint density at radius 3 is 2.69 bits per heavy atom. The molecule has 162 valence electrons. The van der Waals surface area contributed by atoms with Gasteiger partial charge in [0, 0.05) is 17.7 Å². The molecule has 0 fully saturated rings. The van der Waals surface area contributed by atoms with E-state index in [4.69, 9.17) is 0 Å². The van der Waals surface area contributed by atoms with Crippen LogP contribution in [0.15, 0.2) is 70.9 Å². The average Bonchev–Trinajstić information content (AvgIpc) is 3.22. The molecule has 1 amide bonds. The fourth-order valence-corrected chi connectivity index (χ4v) is 4.14. The Kier molecular flexibility index (Phi) is 6.51. The molecule has 0 radical (unpaired) electrons. The Morgan fingerprint density at radius 2 is 1.91 bits per heavy atom. The zero-order valence-corrected chi connectivity index (χ0v) is 18.6. The van der Waals surface area contributed by atoms with Gasteiger partial charge >= 0.3 is 0 Å². The number of aryl methyl sites for hydroxylation is 1. The molecular formula is C24H23N5O2S. The number of rotatable bonds is 7. The minimum atomic E-state index is -0.270. The Balaban J connectivity index is 1.41. The van der Waals surface area contributed by atoms with Crippen LogP contribution in [0.5, 0.6) is 5.75 Å². The summed E-state index contributed by atoms with van der Waals surface area (Å²) < 4.78 is 1.99. The van der Waals surface area contributed by atoms with Crippen LogP contribution >= 0.6 is 11.8 Å². The number of aromatic hydroxyl groups is 1. The molecule has 0 spiro atoms. The number of aromatic nitrogens is 3. The molecule has 0 unspecified atom stereocenters. The Morgan fingerprint density at radius 1 is 1.12 bits per heavy atom. The summed E-state index contributed by atoms with van der Waals surface area (Å²) in [5, 5.41) is 25.3. The van der Waals surface area contributed by atoms with Crippen LogP contribution < -0.4 is 5.43 Å². The van der Waals surface area contributed by atoms with Crippen LogP contribution in [-0.2, 0) is 11.3 Å². The number of amides is 1. The van der Waals surface area contributed by atoms with Crippen molar-refractivity contribution in [3.8, 4) is 17.1 Å². The second-order valence-electron chi connectivity index (χ2n) is 7.22. The van der Waals surface area contributed by atoms with Crippen LogP contribution in [0, 0.1) is 6.92 Å². The smallest absolute Gasteiger partial charge is 0.250 e. The van der Waals surface area contributed by atoms with Gasteiger partial charge in [-0.05, 0) is 30.7 Å². The number of benzene rings is 3. The minimum Gasteiger partial charge on any atom is -0.507 e. The molecule has 0 bridgehead atoms. The van der Waals surface area contributed by atoms with Crippen LogP contribution in [0.3, 0.4) is 0 Å². The molecule has 32 heavy (non-hydrogen) atoms. The van der Waals surface area contributed by atoms with Gasteiger partial charge in [0.05, 0.1) is 12.0 Å². The lowest BCUT2D eigenvalue weighted by Gasteiger charge is -2.07. The van der Waals surface area contributed by atoms with Crippen molar-refractivity contribution in [1.29, 1.82) is 0 Å². The second kappa shape index (κ2) is 9.65. The maximum atomic E-state index is 12.3. The standard InChI is InChI=1S/C24H23N5O2S/c1-3-29-23(18-10-8-16(2)9-11-18)27-28-24(29)32-15-22(31)26-25-14-20-19-7-5-4-6-17(19)12-13-21(20)30/h4-14,30H,3,15H2,1-2H3,(H,26,31)/b25-14+. The largest absolute Gasteiger partial charge is 0.507 e. The molecule has 4 aromatic rings. The van der Waals surface area contributed by atoms with Gasteiger partial charge in [-0.1, -0.05) is 71.9 Å². The van der Waals surface area contributed by atoms with Crippen LogP contribution in [0.4, 0.5) is 0 Å². The summed E-state index contributed by atoms with van der Waals surface area (Å²) in [5.74, 6) is 0.759. The highest BCUT2D eigenvalue weighted by molar-refractivity contribution is 7.99. The van der Waals surface area contributed by atoms with Gasteiger partial charge in [-0.3, -0.25) is 4.79 Å². The van der Waals surface area contributed by atoms with Crippen molar-refractivity contribution < 1.29 is 9.90 Å². The molecule has 0 saturated carbocycles. The van der Waals surface area contributed by atoms with E-state index in [1.807, 2.05) is 73.0 Å². The van der Waals surface area contributed by atoms with E-state index in [0.717, 1.165) is 22.2 Å². The lowest BCUT2D eigenvalue weighted by Crippen LogP contribution is -2.20. The molecule has 0 saturated heterocycles. The van der Waals surface area contributed by atoms with Crippen molar-refractivity contribution >= 4 is 34.7 Å². The quantitative estimate of drug-likeness (QED) is 0.250. The van der Waals surface area contributed by atoms with Gasteiger partial charge in [0.15, 0.2) is 11.0 Å². The first-order chi connectivity index (χ1) is 15.6. The highest BCUT2D eigenvalue weighted by atomic mass is 32.2. The monoisotopic (exact) mass is 445 g/mol. The lowest BCUT2D eigenvalue weighted by atomic mass is 10.0. The van der Waals surface area contributed by atoms with E-state index in [2.05, 4.69) is 20.7 Å². The maximum absolute atomic E-state index is 12.3. The lowest BCUT2D eigenvalue weighted by molar-refractivity contribution is -0.118. The normalized spacial score (nSPS) is 11.3. The van der Waals surface area contributed by atoms with Crippen molar-refractivity contribution in [2.45, 2.75) is 25.5 Å². The third-order valence-corrected chi connectivity index (χ3v) is 5.97. The van der Waals surface area contributed by atoms with Gasteiger partial charge in [-0.2, -0.15) is 5.10 Å². The summed E-state index contributed by atoms with van der Waals surface area (Å²) in [6, 6.07) is 19.2. The highest BCUT2D eigenvalue weighted by Crippen LogP contribution is 2.26. The fraction of sp³-hybridized carbons (Fsp3) is 0.167. The van der Waals surface area contributed by atoms with Gasteiger partial charge in [0.25, 0.3) is 5.91 Å². The molecule has 0 aliphatic rings. The highest BCUT2D eigenvalue weighted by Gasteiger charge is 2.14. The number of carbonyl (C=O) groups excluding carboxylic acids is 1. The number of nitrogens with one attached hydrogen (secondary N) is 1. The molecule has 2 N–H and O–H groups in total. The van der Waals surface area contributed by atoms with E-state index in [9.17, 15) is 9.90 Å². The maximum Gasteiger partial charge on any atom is 0.250 e. The summed E-state index contributed by atoms with van der Waals surface area (Å²) in [6.45, 7) is 4.75. The predicted molar refractivity (Wildman–Crippen MR) is 128 cm³/mol. The molecule has 7 nitrogen and oxygen atoms in total. The van der Waals surface area contributed by atoms with Crippen molar-refractivity contribution in [2.24, 2.45) is 5.10 Å². The number of thioether (sulfide) groups is 1. The minimum absolute atomic E-state index is 0.107. The van der Waals surface area contributed by atoms with Gasteiger partial charge in [-0.25, -0.2) is 5.43 Å². The van der Waals surface area contributed by atoms with Crippen molar-refractivity contribution in [3.05, 3.63) is 71.8 Å². The fourth-order valence-electron chi connectivity index (χ4n) is 3.35. The number of carbonyl (C=O) groups is 1. The molecular weight excluding hydrogens is 422 g/mol. The first-order valence-electron chi connectivity index (χ1n) is 10.2. The number of nitrogens with zero attached hydrogens (tertiary/aromatic N) is 4. The van der Waals surface area contributed by atoms with Crippen LogP contribution in [0.25, 0.3) is 22.2 Å². The molecule has 0 aliphatic carbocycles. The van der Waals surface area contributed by atoms with E-state index in [1.54, 1.807) is 6.07 Å². The molecule has 1 aromatic heterocycles.